The van der Waals surface area contributed by atoms with Gasteiger partial charge in [-0.25, -0.2) is 4.98 Å². The monoisotopic (exact) mass is 449 g/mol. The Morgan fingerprint density at radius 2 is 1.88 bits per heavy atom. The minimum atomic E-state index is -0.281. The molecule has 8 heteroatoms. The molecular formula is C24H27N5O2S. The third-order valence-corrected chi connectivity index (χ3v) is 6.20. The average molecular weight is 450 g/mol. The van der Waals surface area contributed by atoms with E-state index >= 15 is 0 Å². The lowest BCUT2D eigenvalue weighted by Crippen LogP contribution is -2.36. The molecule has 0 radical (unpaired) electrons. The van der Waals surface area contributed by atoms with Crippen molar-refractivity contribution in [3.63, 3.8) is 0 Å². The first-order valence-electron chi connectivity index (χ1n) is 10.9. The number of hydrogen-bond acceptors (Lipinski definition) is 5. The summed E-state index contributed by atoms with van der Waals surface area (Å²) in [5, 5.41) is 6.09. The molecule has 0 saturated heterocycles. The minimum absolute atomic E-state index is 0.193. The summed E-state index contributed by atoms with van der Waals surface area (Å²) < 4.78 is 0. The maximum Gasteiger partial charge on any atom is 0.269 e. The molecule has 32 heavy (non-hydrogen) atoms. The van der Waals surface area contributed by atoms with Gasteiger partial charge in [0.25, 0.3) is 11.5 Å². The van der Waals surface area contributed by atoms with Gasteiger partial charge in [-0.2, -0.15) is 0 Å². The maximum atomic E-state index is 12.5. The first-order valence-corrected chi connectivity index (χ1v) is 11.3. The van der Waals surface area contributed by atoms with Crippen molar-refractivity contribution >= 4 is 45.6 Å². The minimum Gasteiger partial charge on any atom is -0.370 e. The Balaban J connectivity index is 1.65. The number of nitrogens with one attached hydrogen (secondary N) is 3. The van der Waals surface area contributed by atoms with E-state index in [4.69, 9.17) is 12.2 Å². The number of amides is 1. The second-order valence-electron chi connectivity index (χ2n) is 8.21. The van der Waals surface area contributed by atoms with Crippen molar-refractivity contribution in [2.75, 3.05) is 17.3 Å². The van der Waals surface area contributed by atoms with Crippen LogP contribution >= 0.6 is 12.2 Å². The van der Waals surface area contributed by atoms with E-state index in [1.807, 2.05) is 18.2 Å². The molecule has 1 heterocycles. The van der Waals surface area contributed by atoms with Crippen LogP contribution in [-0.4, -0.2) is 34.1 Å². The predicted molar refractivity (Wildman–Crippen MR) is 133 cm³/mol. The molecule has 3 aromatic rings. The van der Waals surface area contributed by atoms with Crippen molar-refractivity contribution in [2.45, 2.75) is 45.1 Å². The molecule has 1 aliphatic rings. The number of hydrogen-bond donors (Lipinski definition) is 3. The summed E-state index contributed by atoms with van der Waals surface area (Å²) in [5.74, 6) is -0.281. The summed E-state index contributed by atoms with van der Waals surface area (Å²) in [4.78, 5) is 34.2. The van der Waals surface area contributed by atoms with Crippen LogP contribution < -0.4 is 21.1 Å². The third-order valence-electron chi connectivity index (χ3n) is 5.99. The van der Waals surface area contributed by atoms with Crippen LogP contribution in [0, 0.1) is 6.92 Å². The number of aromatic amines is 1. The summed E-state index contributed by atoms with van der Waals surface area (Å²) in [6.45, 7) is 1.70. The number of H-pyrrole nitrogens is 1. The normalized spacial score (nSPS) is 14.2. The standard InChI is InChI=1S/C24H27N5O2S/c1-15-22(30)26-18-13-20(27-24(32)28-23(31)16-9-5-3-6-10-16)21(14-19(18)25-15)29(2)17-11-7-4-8-12-17/h3,5-6,9-10,13-14,17H,4,7-8,11-12H2,1-2H3,(H,26,30)(H2,27,28,31,32). The molecule has 0 atom stereocenters. The van der Waals surface area contributed by atoms with Gasteiger partial charge in [-0.05, 0) is 56.2 Å². The van der Waals surface area contributed by atoms with E-state index < -0.39 is 0 Å². The van der Waals surface area contributed by atoms with Gasteiger partial charge in [-0.15, -0.1) is 0 Å². The Bertz CT molecular complexity index is 1200. The zero-order valence-corrected chi connectivity index (χ0v) is 19.1. The number of carbonyl (C=O) groups is 1. The Kier molecular flexibility index (Phi) is 6.50. The number of nitrogens with zero attached hydrogens (tertiary/aromatic N) is 2. The molecule has 1 fully saturated rings. The quantitative estimate of drug-likeness (QED) is 0.519. The topological polar surface area (TPSA) is 90.1 Å². The van der Waals surface area contributed by atoms with Gasteiger partial charge in [-0.3, -0.25) is 14.9 Å². The molecule has 1 saturated carbocycles. The highest BCUT2D eigenvalue weighted by atomic mass is 32.1. The second kappa shape index (κ2) is 9.48. The van der Waals surface area contributed by atoms with Crippen LogP contribution in [0.15, 0.2) is 47.3 Å². The molecule has 2 aromatic carbocycles. The lowest BCUT2D eigenvalue weighted by Gasteiger charge is -2.34. The highest BCUT2D eigenvalue weighted by molar-refractivity contribution is 7.80. The average Bonchev–Trinajstić information content (AvgIpc) is 2.80. The molecule has 7 nitrogen and oxygen atoms in total. The van der Waals surface area contributed by atoms with Gasteiger partial charge in [0.05, 0.1) is 22.4 Å². The van der Waals surface area contributed by atoms with Crippen LogP contribution in [0.3, 0.4) is 0 Å². The van der Waals surface area contributed by atoms with E-state index in [2.05, 4.69) is 32.5 Å². The highest BCUT2D eigenvalue weighted by Gasteiger charge is 2.22. The molecule has 0 aliphatic heterocycles. The largest absolute Gasteiger partial charge is 0.370 e. The maximum absolute atomic E-state index is 12.5. The summed E-state index contributed by atoms with van der Waals surface area (Å²) in [6.07, 6.45) is 5.94. The van der Waals surface area contributed by atoms with Crippen molar-refractivity contribution in [3.8, 4) is 0 Å². The van der Waals surface area contributed by atoms with Crippen LogP contribution in [0.1, 0.15) is 48.2 Å². The lowest BCUT2D eigenvalue weighted by molar-refractivity contribution is 0.0977. The van der Waals surface area contributed by atoms with Gasteiger partial charge >= 0.3 is 0 Å². The molecule has 1 aliphatic carbocycles. The predicted octanol–water partition coefficient (Wildman–Crippen LogP) is 4.13. The first-order chi connectivity index (χ1) is 15.4. The molecule has 3 N–H and O–H groups in total. The van der Waals surface area contributed by atoms with Gasteiger partial charge < -0.3 is 15.2 Å². The third kappa shape index (κ3) is 4.80. The number of aryl methyl sites for hydroxylation is 1. The van der Waals surface area contributed by atoms with E-state index in [0.717, 1.165) is 18.5 Å². The molecule has 0 unspecified atom stereocenters. The van der Waals surface area contributed by atoms with Gasteiger partial charge in [0, 0.05) is 18.7 Å². The van der Waals surface area contributed by atoms with Crippen molar-refractivity contribution in [2.24, 2.45) is 0 Å². The van der Waals surface area contributed by atoms with Gasteiger partial charge in [-0.1, -0.05) is 37.5 Å². The van der Waals surface area contributed by atoms with Crippen molar-refractivity contribution in [3.05, 3.63) is 64.1 Å². The van der Waals surface area contributed by atoms with E-state index in [0.29, 0.717) is 34.0 Å². The molecular weight excluding hydrogens is 422 g/mol. The number of benzene rings is 2. The zero-order valence-electron chi connectivity index (χ0n) is 18.3. The van der Waals surface area contributed by atoms with E-state index in [-0.39, 0.29) is 16.6 Å². The molecule has 0 bridgehead atoms. The number of aromatic nitrogens is 2. The highest BCUT2D eigenvalue weighted by Crippen LogP contribution is 2.33. The lowest BCUT2D eigenvalue weighted by atomic mass is 9.94. The number of carbonyl (C=O) groups excluding carboxylic acids is 1. The number of anilines is 2. The van der Waals surface area contributed by atoms with Crippen LogP contribution in [0.25, 0.3) is 11.0 Å². The van der Waals surface area contributed by atoms with Gasteiger partial charge in [0.15, 0.2) is 5.11 Å². The molecule has 1 amide bonds. The smallest absolute Gasteiger partial charge is 0.269 e. The van der Waals surface area contributed by atoms with E-state index in [9.17, 15) is 9.59 Å². The number of rotatable bonds is 4. The molecule has 1 aromatic heterocycles. The molecule has 166 valence electrons. The van der Waals surface area contributed by atoms with Crippen molar-refractivity contribution in [1.82, 2.24) is 15.3 Å². The summed E-state index contributed by atoms with van der Waals surface area (Å²) in [6, 6.07) is 13.1. The fraction of sp³-hybridized carbons (Fsp3) is 0.333. The zero-order chi connectivity index (χ0) is 22.7. The Labute approximate surface area is 192 Å². The van der Waals surface area contributed by atoms with Crippen LogP contribution in [0.4, 0.5) is 11.4 Å². The summed E-state index contributed by atoms with van der Waals surface area (Å²) in [5.41, 5.74) is 3.70. The summed E-state index contributed by atoms with van der Waals surface area (Å²) in [7, 11) is 2.08. The molecule has 0 spiro atoms. The van der Waals surface area contributed by atoms with E-state index in [1.54, 1.807) is 31.2 Å². The van der Waals surface area contributed by atoms with Crippen molar-refractivity contribution in [1.29, 1.82) is 0 Å². The van der Waals surface area contributed by atoms with Crippen molar-refractivity contribution < 1.29 is 4.79 Å². The Hall–Kier alpha value is -3.26. The van der Waals surface area contributed by atoms with Crippen LogP contribution in [0.5, 0.6) is 0 Å². The van der Waals surface area contributed by atoms with Gasteiger partial charge in [0.2, 0.25) is 0 Å². The van der Waals surface area contributed by atoms with Gasteiger partial charge in [0.1, 0.15) is 5.69 Å². The fourth-order valence-electron chi connectivity index (χ4n) is 4.19. The fourth-order valence-corrected chi connectivity index (χ4v) is 4.39. The van der Waals surface area contributed by atoms with Crippen LogP contribution in [0.2, 0.25) is 0 Å². The second-order valence-corrected chi connectivity index (χ2v) is 8.62. The molecule has 4 rings (SSSR count). The number of fused-ring (bicyclic) bond motifs is 1. The Morgan fingerprint density at radius 3 is 2.59 bits per heavy atom. The van der Waals surface area contributed by atoms with Crippen LogP contribution in [-0.2, 0) is 0 Å². The SMILES string of the molecule is Cc1nc2cc(N(C)C3CCCCC3)c(NC(=S)NC(=O)c3ccccc3)cc2[nH]c1=O. The Morgan fingerprint density at radius 1 is 1.16 bits per heavy atom. The number of thiocarbonyl (C=S) groups is 1. The first kappa shape index (κ1) is 22.0. The summed E-state index contributed by atoms with van der Waals surface area (Å²) >= 11 is 5.44. The van der Waals surface area contributed by atoms with E-state index in [1.165, 1.54) is 19.3 Å².